The average Bonchev–Trinajstić information content (AvgIpc) is 2.47. The largest absolute Gasteiger partial charge is 0.486 e. The highest BCUT2D eigenvalue weighted by molar-refractivity contribution is 5.95. The van der Waals surface area contributed by atoms with Crippen LogP contribution in [0.4, 0.5) is 0 Å². The van der Waals surface area contributed by atoms with Gasteiger partial charge in [0.25, 0.3) is 5.91 Å². The first kappa shape index (κ1) is 14.7. The van der Waals surface area contributed by atoms with Gasteiger partial charge < -0.3 is 14.8 Å². The molecule has 4 nitrogen and oxygen atoms in total. The van der Waals surface area contributed by atoms with Crippen LogP contribution in [-0.4, -0.2) is 25.2 Å². The Morgan fingerprint density at radius 2 is 1.80 bits per heavy atom. The molecule has 0 radical (unpaired) electrons. The van der Waals surface area contributed by atoms with E-state index >= 15 is 0 Å². The first-order valence-corrected chi connectivity index (χ1v) is 7.45. The van der Waals surface area contributed by atoms with Gasteiger partial charge in [-0.25, -0.2) is 0 Å². The van der Waals surface area contributed by atoms with Crippen molar-refractivity contribution in [3.63, 3.8) is 0 Å². The Labute approximate surface area is 120 Å². The number of amides is 1. The molecule has 1 aromatic rings. The van der Waals surface area contributed by atoms with Crippen LogP contribution in [0.25, 0.3) is 0 Å². The number of carbonyl (C=O) groups excluding carboxylic acids is 1. The maximum absolute atomic E-state index is 12.3. The van der Waals surface area contributed by atoms with Gasteiger partial charge in [-0.1, -0.05) is 26.7 Å². The van der Waals surface area contributed by atoms with Gasteiger partial charge >= 0.3 is 0 Å². The zero-order chi connectivity index (χ0) is 14.4. The molecule has 1 N–H and O–H groups in total. The molecule has 110 valence electrons. The topological polar surface area (TPSA) is 47.6 Å². The highest BCUT2D eigenvalue weighted by Crippen LogP contribution is 2.30. The van der Waals surface area contributed by atoms with Gasteiger partial charge in [0.2, 0.25) is 0 Å². The van der Waals surface area contributed by atoms with E-state index in [0.717, 1.165) is 25.7 Å². The molecule has 1 aliphatic rings. The number of hydrogen-bond donors (Lipinski definition) is 1. The average molecular weight is 277 g/mol. The highest BCUT2D eigenvalue weighted by Gasteiger charge is 2.17. The normalized spacial score (nSPS) is 13.3. The molecule has 1 aromatic carbocycles. The Morgan fingerprint density at radius 1 is 1.15 bits per heavy atom. The van der Waals surface area contributed by atoms with Gasteiger partial charge in [-0.3, -0.25) is 4.79 Å². The fraction of sp³-hybridized carbons (Fsp3) is 0.562. The molecule has 4 heteroatoms. The minimum absolute atomic E-state index is 0.0335. The van der Waals surface area contributed by atoms with Crippen LogP contribution in [0.2, 0.25) is 0 Å². The van der Waals surface area contributed by atoms with Gasteiger partial charge in [0, 0.05) is 11.6 Å². The van der Waals surface area contributed by atoms with E-state index in [9.17, 15) is 4.79 Å². The van der Waals surface area contributed by atoms with Crippen LogP contribution in [0.15, 0.2) is 18.2 Å². The summed E-state index contributed by atoms with van der Waals surface area (Å²) in [7, 11) is 0. The van der Waals surface area contributed by atoms with Crippen LogP contribution in [0.5, 0.6) is 11.5 Å². The molecule has 0 aromatic heterocycles. The second kappa shape index (κ2) is 7.17. The summed E-state index contributed by atoms with van der Waals surface area (Å²) in [6, 6.07) is 5.61. The summed E-state index contributed by atoms with van der Waals surface area (Å²) < 4.78 is 11.0. The summed E-state index contributed by atoms with van der Waals surface area (Å²) in [5.41, 5.74) is 0.631. The number of hydrogen-bond acceptors (Lipinski definition) is 3. The SMILES string of the molecule is CCCC(CCC)NC(=O)c1ccc2c(c1)OCCO2. The molecule has 2 rings (SSSR count). The van der Waals surface area contributed by atoms with Crippen molar-refractivity contribution in [3.8, 4) is 11.5 Å². The summed E-state index contributed by atoms with van der Waals surface area (Å²) in [4.78, 5) is 12.3. The van der Waals surface area contributed by atoms with E-state index in [1.807, 2.05) is 0 Å². The van der Waals surface area contributed by atoms with Crippen LogP contribution < -0.4 is 14.8 Å². The van der Waals surface area contributed by atoms with Crippen molar-refractivity contribution in [2.45, 2.75) is 45.6 Å². The molecule has 0 spiro atoms. The van der Waals surface area contributed by atoms with Crippen molar-refractivity contribution in [2.24, 2.45) is 0 Å². The lowest BCUT2D eigenvalue weighted by Gasteiger charge is -2.20. The molecule has 0 fully saturated rings. The Bertz CT molecular complexity index is 453. The van der Waals surface area contributed by atoms with Gasteiger partial charge in [0.05, 0.1) is 0 Å². The molecule has 0 unspecified atom stereocenters. The molecule has 1 heterocycles. The number of ether oxygens (including phenoxy) is 2. The van der Waals surface area contributed by atoms with Crippen LogP contribution in [0.3, 0.4) is 0 Å². The number of fused-ring (bicyclic) bond motifs is 1. The van der Waals surface area contributed by atoms with Crippen molar-refractivity contribution in [2.75, 3.05) is 13.2 Å². The summed E-state index contributed by atoms with van der Waals surface area (Å²) >= 11 is 0. The maximum atomic E-state index is 12.3. The Hall–Kier alpha value is -1.71. The van der Waals surface area contributed by atoms with E-state index in [4.69, 9.17) is 9.47 Å². The summed E-state index contributed by atoms with van der Waals surface area (Å²) in [5.74, 6) is 1.34. The molecule has 0 saturated carbocycles. The highest BCUT2D eigenvalue weighted by atomic mass is 16.6. The third-order valence-corrected chi connectivity index (χ3v) is 3.41. The van der Waals surface area contributed by atoms with Crippen molar-refractivity contribution < 1.29 is 14.3 Å². The van der Waals surface area contributed by atoms with Gasteiger partial charge in [0.1, 0.15) is 13.2 Å². The zero-order valence-corrected chi connectivity index (χ0v) is 12.3. The summed E-state index contributed by atoms with van der Waals surface area (Å²) in [6.07, 6.45) is 4.19. The third-order valence-electron chi connectivity index (χ3n) is 3.41. The molecule has 0 saturated heterocycles. The lowest BCUT2D eigenvalue weighted by molar-refractivity contribution is 0.0931. The van der Waals surface area contributed by atoms with E-state index in [-0.39, 0.29) is 11.9 Å². The second-order valence-electron chi connectivity index (χ2n) is 5.11. The van der Waals surface area contributed by atoms with Gasteiger partial charge in [-0.2, -0.15) is 0 Å². The predicted octanol–water partition coefficient (Wildman–Crippen LogP) is 3.16. The fourth-order valence-corrected chi connectivity index (χ4v) is 2.44. The van der Waals surface area contributed by atoms with E-state index in [2.05, 4.69) is 19.2 Å². The lowest BCUT2D eigenvalue weighted by Crippen LogP contribution is -2.34. The molecule has 0 bridgehead atoms. The predicted molar refractivity (Wildman–Crippen MR) is 78.5 cm³/mol. The minimum Gasteiger partial charge on any atom is -0.486 e. The Kier molecular flexibility index (Phi) is 5.27. The molecule has 0 atom stereocenters. The van der Waals surface area contributed by atoms with Gasteiger partial charge in [-0.05, 0) is 31.0 Å². The van der Waals surface area contributed by atoms with Crippen molar-refractivity contribution in [1.82, 2.24) is 5.32 Å². The Balaban J connectivity index is 2.04. The van der Waals surface area contributed by atoms with E-state index in [1.165, 1.54) is 0 Å². The molecular formula is C16H23NO3. The number of rotatable bonds is 6. The maximum Gasteiger partial charge on any atom is 0.251 e. The van der Waals surface area contributed by atoms with Crippen LogP contribution >= 0.6 is 0 Å². The van der Waals surface area contributed by atoms with E-state index < -0.39 is 0 Å². The summed E-state index contributed by atoms with van der Waals surface area (Å²) in [6.45, 7) is 5.37. The Morgan fingerprint density at radius 3 is 2.45 bits per heavy atom. The van der Waals surface area contributed by atoms with Crippen molar-refractivity contribution in [1.29, 1.82) is 0 Å². The first-order valence-electron chi connectivity index (χ1n) is 7.45. The zero-order valence-electron chi connectivity index (χ0n) is 12.3. The smallest absolute Gasteiger partial charge is 0.251 e. The van der Waals surface area contributed by atoms with Gasteiger partial charge in [-0.15, -0.1) is 0 Å². The van der Waals surface area contributed by atoms with Gasteiger partial charge in [0.15, 0.2) is 11.5 Å². The fourth-order valence-electron chi connectivity index (χ4n) is 2.44. The first-order chi connectivity index (χ1) is 9.74. The molecule has 20 heavy (non-hydrogen) atoms. The number of nitrogens with one attached hydrogen (secondary N) is 1. The number of carbonyl (C=O) groups is 1. The standard InChI is InChI=1S/C16H23NO3/c1-3-5-13(6-4-2)17-16(18)12-7-8-14-15(11-12)20-10-9-19-14/h7-8,11,13H,3-6,9-10H2,1-2H3,(H,17,18). The summed E-state index contributed by atoms with van der Waals surface area (Å²) in [5, 5.41) is 3.11. The van der Waals surface area contributed by atoms with E-state index in [0.29, 0.717) is 30.3 Å². The van der Waals surface area contributed by atoms with Crippen LogP contribution in [0.1, 0.15) is 49.9 Å². The molecule has 1 aliphatic heterocycles. The minimum atomic E-state index is -0.0335. The molecular weight excluding hydrogens is 254 g/mol. The van der Waals surface area contributed by atoms with E-state index in [1.54, 1.807) is 18.2 Å². The number of benzene rings is 1. The monoisotopic (exact) mass is 277 g/mol. The third kappa shape index (κ3) is 3.65. The van der Waals surface area contributed by atoms with Crippen LogP contribution in [-0.2, 0) is 0 Å². The van der Waals surface area contributed by atoms with Crippen molar-refractivity contribution in [3.05, 3.63) is 23.8 Å². The lowest BCUT2D eigenvalue weighted by atomic mass is 10.1. The van der Waals surface area contributed by atoms with Crippen LogP contribution in [0, 0.1) is 0 Å². The quantitative estimate of drug-likeness (QED) is 0.869. The second-order valence-corrected chi connectivity index (χ2v) is 5.11. The molecule has 1 amide bonds. The van der Waals surface area contributed by atoms with Crippen molar-refractivity contribution >= 4 is 5.91 Å². The molecule has 0 aliphatic carbocycles.